The van der Waals surface area contributed by atoms with Crippen LogP contribution in [0.2, 0.25) is 0 Å². The van der Waals surface area contributed by atoms with E-state index in [0.717, 1.165) is 19.8 Å². The van der Waals surface area contributed by atoms with E-state index in [4.69, 9.17) is 0 Å². The molecule has 1 aromatic carbocycles. The van der Waals surface area contributed by atoms with Crippen LogP contribution in [0.1, 0.15) is 44.1 Å². The molecule has 0 spiro atoms. The fraction of sp³-hybridized carbons (Fsp3) is 0.562. The third-order valence-electron chi connectivity index (χ3n) is 3.90. The molecule has 1 aromatic rings. The lowest BCUT2D eigenvalue weighted by Gasteiger charge is -2.32. The minimum Gasteiger partial charge on any atom is -0.343 e. The van der Waals surface area contributed by atoms with Crippen LogP contribution in [0.4, 0.5) is 8.78 Å². The van der Waals surface area contributed by atoms with Gasteiger partial charge in [-0.1, -0.05) is 30.3 Å². The third-order valence-corrected chi connectivity index (χ3v) is 3.90. The summed E-state index contributed by atoms with van der Waals surface area (Å²) in [5.74, 6) is -2.41. The van der Waals surface area contributed by atoms with Crippen LogP contribution in [-0.4, -0.2) is 29.8 Å². The van der Waals surface area contributed by atoms with Crippen LogP contribution in [0, 0.1) is 0 Å². The number of halogens is 2. The first-order valence-electron chi connectivity index (χ1n) is 7.16. The van der Waals surface area contributed by atoms with Gasteiger partial charge in [-0.3, -0.25) is 4.79 Å². The molecule has 0 atom stereocenters. The van der Waals surface area contributed by atoms with Crippen LogP contribution in [0.25, 0.3) is 0 Å². The van der Waals surface area contributed by atoms with Crippen molar-refractivity contribution in [2.24, 2.45) is 0 Å². The number of carbonyl (C=O) groups excluding carboxylic acids is 1. The van der Waals surface area contributed by atoms with Gasteiger partial charge in [-0.2, -0.15) is 0 Å². The van der Waals surface area contributed by atoms with Crippen molar-refractivity contribution in [1.29, 1.82) is 0 Å². The Morgan fingerprint density at radius 3 is 2.40 bits per heavy atom. The van der Waals surface area contributed by atoms with Gasteiger partial charge in [0.1, 0.15) is 0 Å². The van der Waals surface area contributed by atoms with Crippen molar-refractivity contribution in [1.82, 2.24) is 4.90 Å². The molecule has 2 nitrogen and oxygen atoms in total. The standard InChI is InChI=1S/C16H21F2NO/c1-16(17,18)10-7-15(20)19-11-8-14(9-12-19)13-5-3-2-4-6-13/h2-6,14H,7-12H2,1H3. The molecular formula is C16H21F2NO. The Kier molecular flexibility index (Phi) is 4.73. The first-order chi connectivity index (χ1) is 9.46. The fourth-order valence-corrected chi connectivity index (χ4v) is 2.67. The lowest BCUT2D eigenvalue weighted by atomic mass is 9.89. The van der Waals surface area contributed by atoms with Crippen LogP contribution in [0.3, 0.4) is 0 Å². The number of benzene rings is 1. The minimum atomic E-state index is -2.75. The Morgan fingerprint density at radius 1 is 1.25 bits per heavy atom. The number of piperidine rings is 1. The normalized spacial score (nSPS) is 17.2. The third kappa shape index (κ3) is 4.29. The van der Waals surface area contributed by atoms with Gasteiger partial charge in [0, 0.05) is 25.9 Å². The van der Waals surface area contributed by atoms with Gasteiger partial charge in [0.25, 0.3) is 0 Å². The van der Waals surface area contributed by atoms with Crippen LogP contribution in [0.15, 0.2) is 30.3 Å². The van der Waals surface area contributed by atoms with E-state index in [9.17, 15) is 13.6 Å². The van der Waals surface area contributed by atoms with Gasteiger partial charge in [-0.05, 0) is 31.2 Å². The van der Waals surface area contributed by atoms with Gasteiger partial charge >= 0.3 is 0 Å². The summed E-state index contributed by atoms with van der Waals surface area (Å²) in [5.41, 5.74) is 1.31. The van der Waals surface area contributed by atoms with Gasteiger partial charge in [0.15, 0.2) is 0 Å². The first-order valence-corrected chi connectivity index (χ1v) is 7.16. The van der Waals surface area contributed by atoms with Crippen LogP contribution in [0.5, 0.6) is 0 Å². The molecule has 0 aromatic heterocycles. The van der Waals surface area contributed by atoms with Gasteiger partial charge in [0.2, 0.25) is 11.8 Å². The maximum Gasteiger partial charge on any atom is 0.245 e. The van der Waals surface area contributed by atoms with Crippen molar-refractivity contribution in [3.05, 3.63) is 35.9 Å². The summed E-state index contributed by atoms with van der Waals surface area (Å²) in [5, 5.41) is 0. The smallest absolute Gasteiger partial charge is 0.245 e. The molecule has 1 aliphatic rings. The Balaban J connectivity index is 1.81. The maximum absolute atomic E-state index is 12.8. The highest BCUT2D eigenvalue weighted by molar-refractivity contribution is 5.76. The average molecular weight is 281 g/mol. The summed E-state index contributed by atoms with van der Waals surface area (Å²) >= 11 is 0. The lowest BCUT2D eigenvalue weighted by molar-refractivity contribution is -0.134. The SMILES string of the molecule is CC(F)(F)CCC(=O)N1CCC(c2ccccc2)CC1. The summed E-state index contributed by atoms with van der Waals surface area (Å²) in [4.78, 5) is 13.6. The van der Waals surface area contributed by atoms with Crippen molar-refractivity contribution in [2.75, 3.05) is 13.1 Å². The second-order valence-electron chi connectivity index (χ2n) is 5.64. The van der Waals surface area contributed by atoms with E-state index in [2.05, 4.69) is 12.1 Å². The van der Waals surface area contributed by atoms with Crippen molar-refractivity contribution >= 4 is 5.91 Å². The second-order valence-corrected chi connectivity index (χ2v) is 5.64. The van der Waals surface area contributed by atoms with E-state index >= 15 is 0 Å². The van der Waals surface area contributed by atoms with Gasteiger partial charge in [-0.25, -0.2) is 8.78 Å². The van der Waals surface area contributed by atoms with E-state index in [0.29, 0.717) is 19.0 Å². The van der Waals surface area contributed by atoms with Crippen LogP contribution < -0.4 is 0 Å². The molecule has 1 fully saturated rings. The zero-order valence-corrected chi connectivity index (χ0v) is 11.8. The van der Waals surface area contributed by atoms with E-state index in [1.54, 1.807) is 4.90 Å². The predicted molar refractivity (Wildman–Crippen MR) is 74.9 cm³/mol. The molecule has 2 rings (SSSR count). The van der Waals surface area contributed by atoms with E-state index < -0.39 is 5.92 Å². The zero-order chi connectivity index (χ0) is 14.6. The molecule has 0 radical (unpaired) electrons. The highest BCUT2D eigenvalue weighted by Crippen LogP contribution is 2.28. The number of likely N-dealkylation sites (tertiary alicyclic amines) is 1. The summed E-state index contributed by atoms with van der Waals surface area (Å²) in [6, 6.07) is 10.3. The topological polar surface area (TPSA) is 20.3 Å². The number of nitrogens with zero attached hydrogens (tertiary/aromatic N) is 1. The second kappa shape index (κ2) is 6.33. The minimum absolute atomic E-state index is 0.0560. The van der Waals surface area contributed by atoms with Gasteiger partial charge in [-0.15, -0.1) is 0 Å². The average Bonchev–Trinajstić information content (AvgIpc) is 2.45. The molecule has 1 heterocycles. The maximum atomic E-state index is 12.8. The quantitative estimate of drug-likeness (QED) is 0.821. The van der Waals surface area contributed by atoms with Crippen molar-refractivity contribution in [2.45, 2.75) is 44.4 Å². The molecular weight excluding hydrogens is 260 g/mol. The van der Waals surface area contributed by atoms with Crippen molar-refractivity contribution in [3.63, 3.8) is 0 Å². The molecule has 0 unspecified atom stereocenters. The van der Waals surface area contributed by atoms with Gasteiger partial charge in [0.05, 0.1) is 0 Å². The Morgan fingerprint density at radius 2 is 1.85 bits per heavy atom. The van der Waals surface area contributed by atoms with Gasteiger partial charge < -0.3 is 4.90 Å². The summed E-state index contributed by atoms with van der Waals surface area (Å²) in [6.45, 7) is 2.21. The Hall–Kier alpha value is -1.45. The molecule has 110 valence electrons. The number of amides is 1. The number of hydrogen-bond donors (Lipinski definition) is 0. The number of alkyl halides is 2. The zero-order valence-electron chi connectivity index (χ0n) is 11.8. The highest BCUT2D eigenvalue weighted by Gasteiger charge is 2.27. The van der Waals surface area contributed by atoms with E-state index in [1.165, 1.54) is 5.56 Å². The number of hydrogen-bond acceptors (Lipinski definition) is 1. The Labute approximate surface area is 118 Å². The molecule has 0 aliphatic carbocycles. The highest BCUT2D eigenvalue weighted by atomic mass is 19.3. The number of rotatable bonds is 4. The van der Waals surface area contributed by atoms with Crippen LogP contribution in [-0.2, 0) is 4.79 Å². The Bertz CT molecular complexity index is 434. The van der Waals surface area contributed by atoms with Crippen LogP contribution >= 0.6 is 0 Å². The van der Waals surface area contributed by atoms with E-state index in [-0.39, 0.29) is 18.7 Å². The lowest BCUT2D eigenvalue weighted by Crippen LogP contribution is -2.38. The molecule has 1 amide bonds. The fourth-order valence-electron chi connectivity index (χ4n) is 2.67. The van der Waals surface area contributed by atoms with E-state index in [1.807, 2.05) is 18.2 Å². The largest absolute Gasteiger partial charge is 0.343 e. The van der Waals surface area contributed by atoms with Crippen molar-refractivity contribution < 1.29 is 13.6 Å². The molecule has 0 N–H and O–H groups in total. The van der Waals surface area contributed by atoms with Crippen molar-refractivity contribution in [3.8, 4) is 0 Å². The summed E-state index contributed by atoms with van der Waals surface area (Å²) < 4.78 is 25.5. The molecule has 1 saturated heterocycles. The summed E-state index contributed by atoms with van der Waals surface area (Å²) in [7, 11) is 0. The first kappa shape index (κ1) is 14.9. The molecule has 0 bridgehead atoms. The molecule has 1 aliphatic heterocycles. The number of carbonyl (C=O) groups is 1. The molecule has 4 heteroatoms. The summed E-state index contributed by atoms with van der Waals surface area (Å²) in [6.07, 6.45) is 1.42. The monoisotopic (exact) mass is 281 g/mol. The predicted octanol–water partition coefficient (Wildman–Crippen LogP) is 3.83. The molecule has 0 saturated carbocycles. The molecule has 20 heavy (non-hydrogen) atoms.